The van der Waals surface area contributed by atoms with E-state index in [-0.39, 0.29) is 0 Å². The maximum atomic E-state index is 2.65. The van der Waals surface area contributed by atoms with E-state index in [0.29, 0.717) is 0 Å². The first-order valence-electron chi connectivity index (χ1n) is 7.91. The number of piperidine rings is 1. The molecule has 2 heterocycles. The van der Waals surface area contributed by atoms with E-state index in [2.05, 4.69) is 41.0 Å². The molecule has 1 aromatic rings. The first-order valence-corrected chi connectivity index (χ1v) is 7.91. The Morgan fingerprint density at radius 3 is 2.63 bits per heavy atom. The molecule has 0 aliphatic carbocycles. The summed E-state index contributed by atoms with van der Waals surface area (Å²) < 4.78 is 0. The average Bonchev–Trinajstić information content (AvgIpc) is 2.96. The summed E-state index contributed by atoms with van der Waals surface area (Å²) in [5, 5.41) is 0. The summed E-state index contributed by atoms with van der Waals surface area (Å²) >= 11 is 0. The van der Waals surface area contributed by atoms with Gasteiger partial charge in [0.25, 0.3) is 0 Å². The summed E-state index contributed by atoms with van der Waals surface area (Å²) in [7, 11) is 0. The van der Waals surface area contributed by atoms with Gasteiger partial charge in [0.05, 0.1) is 0 Å². The van der Waals surface area contributed by atoms with E-state index in [1.165, 1.54) is 63.0 Å². The molecule has 2 saturated heterocycles. The van der Waals surface area contributed by atoms with Gasteiger partial charge in [-0.25, -0.2) is 0 Å². The van der Waals surface area contributed by atoms with Crippen LogP contribution < -0.4 is 4.90 Å². The second-order valence-electron chi connectivity index (χ2n) is 6.18. The Hall–Kier alpha value is -1.02. The third-order valence-corrected chi connectivity index (χ3v) is 4.71. The van der Waals surface area contributed by atoms with Crippen LogP contribution in [0.2, 0.25) is 0 Å². The van der Waals surface area contributed by atoms with Crippen LogP contribution in [0, 0.1) is 0 Å². The lowest BCUT2D eigenvalue weighted by Gasteiger charge is -2.33. The number of nitrogens with zero attached hydrogens (tertiary/aromatic N) is 2. The van der Waals surface area contributed by atoms with Gasteiger partial charge in [-0.15, -0.1) is 0 Å². The van der Waals surface area contributed by atoms with Gasteiger partial charge in [0, 0.05) is 31.4 Å². The van der Waals surface area contributed by atoms with E-state index in [1.54, 1.807) is 0 Å². The number of benzene rings is 1. The van der Waals surface area contributed by atoms with E-state index < -0.39 is 0 Å². The molecule has 0 amide bonds. The molecule has 1 aromatic carbocycles. The topological polar surface area (TPSA) is 6.48 Å². The normalized spacial score (nSPS) is 24.9. The molecule has 2 aliphatic rings. The zero-order valence-electron chi connectivity index (χ0n) is 12.1. The van der Waals surface area contributed by atoms with Crippen molar-refractivity contribution in [3.8, 4) is 0 Å². The molecule has 0 bridgehead atoms. The predicted octanol–water partition coefficient (Wildman–Crippen LogP) is 3.66. The SMILES string of the molecule is CC1CCCCN1Cc1cccc(N2CCCC2)c1. The molecule has 3 rings (SSSR count). The van der Waals surface area contributed by atoms with Crippen molar-refractivity contribution < 1.29 is 0 Å². The molecule has 2 aliphatic heterocycles. The van der Waals surface area contributed by atoms with Gasteiger partial charge in [-0.3, -0.25) is 4.90 Å². The highest BCUT2D eigenvalue weighted by molar-refractivity contribution is 5.49. The molecular weight excluding hydrogens is 232 g/mol. The monoisotopic (exact) mass is 258 g/mol. The summed E-state index contributed by atoms with van der Waals surface area (Å²) in [6.45, 7) is 7.26. The fourth-order valence-electron chi connectivity index (χ4n) is 3.45. The van der Waals surface area contributed by atoms with E-state index in [4.69, 9.17) is 0 Å². The fourth-order valence-corrected chi connectivity index (χ4v) is 3.45. The van der Waals surface area contributed by atoms with Gasteiger partial charge in [-0.2, -0.15) is 0 Å². The lowest BCUT2D eigenvalue weighted by Crippen LogP contribution is -2.36. The molecule has 0 aromatic heterocycles. The summed E-state index contributed by atoms with van der Waals surface area (Å²) in [5.41, 5.74) is 2.91. The van der Waals surface area contributed by atoms with Gasteiger partial charge >= 0.3 is 0 Å². The molecule has 0 N–H and O–H groups in total. The van der Waals surface area contributed by atoms with Gasteiger partial charge in [0.1, 0.15) is 0 Å². The average molecular weight is 258 g/mol. The van der Waals surface area contributed by atoms with Gasteiger partial charge in [0.2, 0.25) is 0 Å². The fraction of sp³-hybridized carbons (Fsp3) is 0.647. The van der Waals surface area contributed by atoms with E-state index in [1.807, 2.05) is 0 Å². The van der Waals surface area contributed by atoms with Gasteiger partial charge in [0.15, 0.2) is 0 Å². The Morgan fingerprint density at radius 1 is 1.05 bits per heavy atom. The summed E-state index contributed by atoms with van der Waals surface area (Å²) in [6, 6.07) is 9.96. The second kappa shape index (κ2) is 5.96. The minimum absolute atomic E-state index is 0.754. The summed E-state index contributed by atoms with van der Waals surface area (Å²) in [5.74, 6) is 0. The van der Waals surface area contributed by atoms with Gasteiger partial charge in [-0.1, -0.05) is 18.6 Å². The van der Waals surface area contributed by atoms with Crippen LogP contribution in [-0.2, 0) is 6.54 Å². The lowest BCUT2D eigenvalue weighted by molar-refractivity contribution is 0.152. The molecular formula is C17H26N2. The molecule has 2 heteroatoms. The van der Waals surface area contributed by atoms with Crippen LogP contribution >= 0.6 is 0 Å². The molecule has 1 atom stereocenters. The van der Waals surface area contributed by atoms with Crippen molar-refractivity contribution in [2.75, 3.05) is 24.5 Å². The second-order valence-corrected chi connectivity index (χ2v) is 6.18. The minimum Gasteiger partial charge on any atom is -0.372 e. The van der Waals surface area contributed by atoms with Crippen LogP contribution in [0.5, 0.6) is 0 Å². The molecule has 2 fully saturated rings. The Labute approximate surface area is 117 Å². The Morgan fingerprint density at radius 2 is 1.84 bits per heavy atom. The van der Waals surface area contributed by atoms with Gasteiger partial charge in [-0.05, 0) is 56.8 Å². The smallest absolute Gasteiger partial charge is 0.0369 e. The zero-order valence-corrected chi connectivity index (χ0v) is 12.1. The number of anilines is 1. The first-order chi connectivity index (χ1) is 9.33. The van der Waals surface area contributed by atoms with Crippen molar-refractivity contribution in [1.29, 1.82) is 0 Å². The predicted molar refractivity (Wildman–Crippen MR) is 81.6 cm³/mol. The first kappa shape index (κ1) is 13.0. The van der Waals surface area contributed by atoms with Crippen LogP contribution in [0.15, 0.2) is 24.3 Å². The summed E-state index contributed by atoms with van der Waals surface area (Å²) in [6.07, 6.45) is 6.86. The Bertz CT molecular complexity index is 409. The maximum Gasteiger partial charge on any atom is 0.0369 e. The highest BCUT2D eigenvalue weighted by Gasteiger charge is 2.18. The largest absolute Gasteiger partial charge is 0.372 e. The van der Waals surface area contributed by atoms with Crippen LogP contribution in [0.4, 0.5) is 5.69 Å². The van der Waals surface area contributed by atoms with Crippen molar-refractivity contribution in [3.63, 3.8) is 0 Å². The lowest BCUT2D eigenvalue weighted by atomic mass is 10.0. The quantitative estimate of drug-likeness (QED) is 0.816. The number of hydrogen-bond donors (Lipinski definition) is 0. The Kier molecular flexibility index (Phi) is 4.07. The van der Waals surface area contributed by atoms with Crippen molar-refractivity contribution in [1.82, 2.24) is 4.90 Å². The number of rotatable bonds is 3. The molecule has 19 heavy (non-hydrogen) atoms. The van der Waals surface area contributed by atoms with Gasteiger partial charge < -0.3 is 4.90 Å². The maximum absolute atomic E-state index is 2.65. The minimum atomic E-state index is 0.754. The number of likely N-dealkylation sites (tertiary alicyclic amines) is 1. The highest BCUT2D eigenvalue weighted by Crippen LogP contribution is 2.24. The standard InChI is InChI=1S/C17H26N2/c1-15-7-2-3-12-19(15)14-16-8-6-9-17(13-16)18-10-4-5-11-18/h6,8-9,13,15H,2-5,7,10-12,14H2,1H3. The molecule has 0 saturated carbocycles. The zero-order chi connectivity index (χ0) is 13.1. The van der Waals surface area contributed by atoms with Crippen molar-refractivity contribution in [2.24, 2.45) is 0 Å². The van der Waals surface area contributed by atoms with Crippen molar-refractivity contribution >= 4 is 5.69 Å². The van der Waals surface area contributed by atoms with Crippen molar-refractivity contribution in [2.45, 2.75) is 51.6 Å². The van der Waals surface area contributed by atoms with E-state index in [9.17, 15) is 0 Å². The summed E-state index contributed by atoms with van der Waals surface area (Å²) in [4.78, 5) is 5.18. The van der Waals surface area contributed by atoms with Crippen LogP contribution in [0.3, 0.4) is 0 Å². The third kappa shape index (κ3) is 3.11. The third-order valence-electron chi connectivity index (χ3n) is 4.71. The Balaban J connectivity index is 1.68. The van der Waals surface area contributed by atoms with Crippen molar-refractivity contribution in [3.05, 3.63) is 29.8 Å². The van der Waals surface area contributed by atoms with Crippen LogP contribution in [0.25, 0.3) is 0 Å². The molecule has 0 spiro atoms. The number of hydrogen-bond acceptors (Lipinski definition) is 2. The van der Waals surface area contributed by atoms with E-state index >= 15 is 0 Å². The van der Waals surface area contributed by atoms with E-state index in [0.717, 1.165) is 12.6 Å². The molecule has 0 radical (unpaired) electrons. The molecule has 104 valence electrons. The molecule has 2 nitrogen and oxygen atoms in total. The molecule has 1 unspecified atom stereocenters. The van der Waals surface area contributed by atoms with Crippen LogP contribution in [-0.4, -0.2) is 30.6 Å². The van der Waals surface area contributed by atoms with Crippen LogP contribution in [0.1, 0.15) is 44.6 Å². The highest BCUT2D eigenvalue weighted by atomic mass is 15.2.